The highest BCUT2D eigenvalue weighted by molar-refractivity contribution is 7.09. The number of alkyl carbamates (subject to hydrolysis) is 1. The van der Waals surface area contributed by atoms with E-state index in [9.17, 15) is 60.3 Å². The zero-order chi connectivity index (χ0) is 72.1. The number of halogens is 5. The van der Waals surface area contributed by atoms with Crippen molar-refractivity contribution in [1.29, 1.82) is 0 Å². The maximum absolute atomic E-state index is 14.7. The topological polar surface area (TPSA) is 266 Å². The minimum atomic E-state index is -2.39. The Labute approximate surface area is 574 Å². The lowest BCUT2D eigenvalue weighted by Gasteiger charge is -2.41. The number of aromatic nitrogens is 1. The van der Waals surface area contributed by atoms with Gasteiger partial charge in [-0.3, -0.25) is 33.6 Å². The third-order valence-electron chi connectivity index (χ3n) is 17.3. The Bertz CT molecular complexity index is 3180. The fraction of sp³-hybridized carbons (Fsp3) is 0.586. The average molecular weight is 1400 g/mol. The van der Waals surface area contributed by atoms with Gasteiger partial charge in [-0.25, -0.2) is 22.9 Å². The molecule has 5 amide bonds. The Morgan fingerprint density at radius 2 is 1.33 bits per heavy atom. The molecule has 0 aliphatic carbocycles. The molecule has 0 unspecified atom stereocenters. The fourth-order valence-electron chi connectivity index (χ4n) is 11.4. The SMILES string of the molecule is CC[C@H](C)[C@@H]([C@@H](CC(=O)N1CCC[C@H]1[C@H](OC)[C@@H](C)C(=O)C[C@@H](Cc1ccccc1)c1nccs1)OC)N(C)C(=O)[C@@H](CC(=O)C(C)(C)NC(=O)OCc1ccc(NC(=O)CCOCCOCCNC(=O)CCOCCOCCC(=O)Oc2c(F)c(F)c(F)c(F)c2F)cc1)C(C)C. The maximum atomic E-state index is 14.7. The van der Waals surface area contributed by atoms with Gasteiger partial charge in [-0.15, -0.1) is 11.3 Å². The lowest BCUT2D eigenvalue weighted by Crippen LogP contribution is -2.55. The number of amides is 5. The van der Waals surface area contributed by atoms with Crippen molar-refractivity contribution in [2.75, 3.05) is 92.5 Å². The van der Waals surface area contributed by atoms with E-state index in [1.165, 1.54) is 18.4 Å². The van der Waals surface area contributed by atoms with Crippen LogP contribution in [0.2, 0.25) is 0 Å². The lowest BCUT2D eigenvalue weighted by atomic mass is 9.83. The number of Topliss-reactive ketones (excluding diaryl/α,β-unsaturated/α-hetero) is 2. The van der Waals surface area contributed by atoms with E-state index in [2.05, 4.69) is 25.7 Å². The van der Waals surface area contributed by atoms with Crippen LogP contribution in [0.25, 0.3) is 0 Å². The van der Waals surface area contributed by atoms with Gasteiger partial charge in [0.25, 0.3) is 0 Å². The molecule has 22 nitrogen and oxygen atoms in total. The molecular weight excluding hydrogens is 1310 g/mol. The van der Waals surface area contributed by atoms with Crippen molar-refractivity contribution in [3.05, 3.63) is 111 Å². The normalized spacial score (nSPS) is 15.3. The van der Waals surface area contributed by atoms with Crippen molar-refractivity contribution in [2.45, 2.75) is 155 Å². The number of methoxy groups -OCH3 is 2. The number of carbonyl (C=O) groups is 8. The first-order valence-corrected chi connectivity index (χ1v) is 33.9. The predicted molar refractivity (Wildman–Crippen MR) is 353 cm³/mol. The molecule has 0 spiro atoms. The molecule has 0 saturated carbocycles. The first-order chi connectivity index (χ1) is 46.7. The third-order valence-corrected chi connectivity index (χ3v) is 18.2. The molecule has 5 rings (SSSR count). The lowest BCUT2D eigenvalue weighted by molar-refractivity contribution is -0.149. The molecule has 1 aromatic heterocycles. The van der Waals surface area contributed by atoms with Crippen LogP contribution in [0.5, 0.6) is 5.75 Å². The van der Waals surface area contributed by atoms with Gasteiger partial charge in [0.05, 0.1) is 107 Å². The number of esters is 1. The fourth-order valence-corrected chi connectivity index (χ4v) is 12.2. The minimum absolute atomic E-state index is 0.0124. The highest BCUT2D eigenvalue weighted by atomic mass is 32.1. The van der Waals surface area contributed by atoms with Crippen LogP contribution >= 0.6 is 11.3 Å². The zero-order valence-corrected chi connectivity index (χ0v) is 58.4. The van der Waals surface area contributed by atoms with Crippen LogP contribution in [0, 0.1) is 52.8 Å². The number of carbonyl (C=O) groups excluding carboxylic acids is 8. The monoisotopic (exact) mass is 1400 g/mol. The number of ether oxygens (including phenoxy) is 8. The first kappa shape index (κ1) is 81.3. The molecule has 0 radical (unpaired) electrons. The standard InChI is InChI=1S/C70H95F5N6O16S/c1-11-44(4)64(53(90-9)41-57(86)81-28-15-18-51(81)65(91-10)45(5)52(82)39-48(67-77-27-37-98-67)38-46-16-13-12-14-17-46)80(8)68(88)50(43(2)3)40-54(83)70(6,7)79-69(89)96-42-47-19-21-49(22-20-47)78-56(85)24-30-93-35-36-95-32-26-76-55(84)23-29-92-33-34-94-31-25-58(87)97-66-62(74)60(72)59(71)61(73)63(66)75/h12-14,16-17,19-22,27,37,43-45,48,50-51,53,64-65H,11,15,18,23-26,28-36,38-42H2,1-10H3,(H,76,84)(H,78,85)(H,79,89)/t44-,45-,48+,50-,51-,53+,64-,65+/m0/s1. The van der Waals surface area contributed by atoms with Crippen LogP contribution in [0.1, 0.15) is 128 Å². The summed E-state index contributed by atoms with van der Waals surface area (Å²) in [5.74, 6) is -17.8. The number of rotatable bonds is 44. The molecule has 3 N–H and O–H groups in total. The second-order valence-corrected chi connectivity index (χ2v) is 25.9. The van der Waals surface area contributed by atoms with Crippen LogP contribution < -0.4 is 20.7 Å². The Kier molecular flexibility index (Phi) is 34.3. The second-order valence-electron chi connectivity index (χ2n) is 25.0. The summed E-state index contributed by atoms with van der Waals surface area (Å²) in [6.07, 6.45) is 1.87. The summed E-state index contributed by atoms with van der Waals surface area (Å²) < 4.78 is 110. The Morgan fingerprint density at radius 1 is 0.724 bits per heavy atom. The van der Waals surface area contributed by atoms with Gasteiger partial charge in [-0.1, -0.05) is 83.5 Å². The van der Waals surface area contributed by atoms with E-state index < -0.39 is 94.7 Å². The Hall–Kier alpha value is -7.34. The van der Waals surface area contributed by atoms with Crippen molar-refractivity contribution in [3.8, 4) is 5.75 Å². The summed E-state index contributed by atoms with van der Waals surface area (Å²) in [6.45, 7) is 13.6. The van der Waals surface area contributed by atoms with Gasteiger partial charge in [-0.2, -0.15) is 8.78 Å². The van der Waals surface area contributed by atoms with Crippen LogP contribution in [-0.4, -0.2) is 179 Å². The number of anilines is 1. The molecule has 542 valence electrons. The summed E-state index contributed by atoms with van der Waals surface area (Å²) in [5.41, 5.74) is 0.763. The molecule has 28 heteroatoms. The summed E-state index contributed by atoms with van der Waals surface area (Å²) in [7, 11) is 4.80. The summed E-state index contributed by atoms with van der Waals surface area (Å²) in [5, 5.41) is 10.9. The number of hydrogen-bond donors (Lipinski definition) is 3. The molecule has 0 bridgehead atoms. The predicted octanol–water partition coefficient (Wildman–Crippen LogP) is 9.88. The van der Waals surface area contributed by atoms with E-state index in [0.717, 1.165) is 17.0 Å². The van der Waals surface area contributed by atoms with Crippen molar-refractivity contribution < 1.29 is 98.2 Å². The van der Waals surface area contributed by atoms with Crippen LogP contribution in [0.15, 0.2) is 66.2 Å². The first-order valence-electron chi connectivity index (χ1n) is 33.0. The number of thiazole rings is 1. The number of hydrogen-bond acceptors (Lipinski definition) is 18. The van der Waals surface area contributed by atoms with Crippen molar-refractivity contribution >= 4 is 64.3 Å². The van der Waals surface area contributed by atoms with Crippen molar-refractivity contribution in [3.63, 3.8) is 0 Å². The number of ketones is 2. The second kappa shape index (κ2) is 41.3. The molecule has 2 heterocycles. The van der Waals surface area contributed by atoms with E-state index >= 15 is 0 Å². The van der Waals surface area contributed by atoms with E-state index in [-0.39, 0.29) is 151 Å². The van der Waals surface area contributed by atoms with Crippen LogP contribution in [0.3, 0.4) is 0 Å². The Morgan fingerprint density at radius 3 is 1.91 bits per heavy atom. The summed E-state index contributed by atoms with van der Waals surface area (Å²) >= 11 is 1.53. The minimum Gasteiger partial charge on any atom is -0.445 e. The Balaban J connectivity index is 0.965. The quantitative estimate of drug-likeness (QED) is 0.00928. The molecular formula is C70H95F5N6O16S. The molecule has 4 aromatic rings. The molecule has 3 aromatic carbocycles. The number of nitrogens with one attached hydrogen (secondary N) is 3. The molecule has 1 aliphatic rings. The highest BCUT2D eigenvalue weighted by Crippen LogP contribution is 2.35. The molecule has 98 heavy (non-hydrogen) atoms. The summed E-state index contributed by atoms with van der Waals surface area (Å²) in [4.78, 5) is 115. The zero-order valence-electron chi connectivity index (χ0n) is 57.6. The molecule has 8 atom stereocenters. The molecule has 1 saturated heterocycles. The van der Waals surface area contributed by atoms with Gasteiger partial charge in [0.1, 0.15) is 12.4 Å². The van der Waals surface area contributed by atoms with E-state index in [0.29, 0.717) is 37.1 Å². The molecule has 1 aliphatic heterocycles. The van der Waals surface area contributed by atoms with E-state index in [4.69, 9.17) is 33.2 Å². The molecule has 1 fully saturated rings. The van der Waals surface area contributed by atoms with Crippen molar-refractivity contribution in [2.24, 2.45) is 23.7 Å². The number of nitrogens with zero attached hydrogens (tertiary/aromatic N) is 3. The van der Waals surface area contributed by atoms with E-state index in [1.807, 2.05) is 75.2 Å². The number of likely N-dealkylation sites (tertiary alicyclic amines) is 1. The van der Waals surface area contributed by atoms with Gasteiger partial charge in [-0.05, 0) is 68.2 Å². The van der Waals surface area contributed by atoms with Crippen LogP contribution in [0.4, 0.5) is 32.4 Å². The maximum Gasteiger partial charge on any atom is 0.408 e. The largest absolute Gasteiger partial charge is 0.445 e. The third kappa shape index (κ3) is 25.1. The van der Waals surface area contributed by atoms with Crippen molar-refractivity contribution in [1.82, 2.24) is 25.4 Å². The van der Waals surface area contributed by atoms with E-state index in [1.54, 1.807) is 63.4 Å². The van der Waals surface area contributed by atoms with Gasteiger partial charge >= 0.3 is 12.1 Å². The van der Waals surface area contributed by atoms with Gasteiger partial charge < -0.3 is 63.6 Å². The summed E-state index contributed by atoms with van der Waals surface area (Å²) in [6, 6.07) is 15.7. The van der Waals surface area contributed by atoms with Gasteiger partial charge in [0.15, 0.2) is 5.78 Å². The number of likely N-dealkylation sites (N-methyl/N-ethyl adjacent to an activating group) is 1. The smallest absolute Gasteiger partial charge is 0.408 e. The number of benzene rings is 3. The van der Waals surface area contributed by atoms with Gasteiger partial charge in [0.2, 0.25) is 58.5 Å². The highest BCUT2D eigenvalue weighted by Gasteiger charge is 2.44. The average Bonchev–Trinajstić information content (AvgIpc) is 0.879. The van der Waals surface area contributed by atoms with Crippen LogP contribution in [-0.2, 0) is 79.7 Å². The van der Waals surface area contributed by atoms with Gasteiger partial charge in [0, 0.05) is 88.6 Å².